The van der Waals surface area contributed by atoms with Crippen molar-refractivity contribution in [2.75, 3.05) is 13.2 Å². The van der Waals surface area contributed by atoms with Crippen LogP contribution >= 0.6 is 0 Å². The molecule has 0 aromatic rings. The van der Waals surface area contributed by atoms with Gasteiger partial charge in [0.25, 0.3) is 0 Å². The van der Waals surface area contributed by atoms with Gasteiger partial charge in [-0.05, 0) is 77.0 Å². The Bertz CT molecular complexity index is 1460. The highest BCUT2D eigenvalue weighted by Gasteiger charge is 2.50. The van der Waals surface area contributed by atoms with Crippen molar-refractivity contribution in [1.29, 1.82) is 0 Å². The molecular formula is C61H106O12. The van der Waals surface area contributed by atoms with Crippen molar-refractivity contribution in [2.24, 2.45) is 0 Å². The number of allylic oxidation sites excluding steroid dienone is 8. The van der Waals surface area contributed by atoms with E-state index in [0.29, 0.717) is 19.3 Å². The number of unbranched alkanes of at least 4 members (excludes halogenated alkanes) is 28. The SMILES string of the molecule is CC/C=C\C/C=C\C/C=C\CCCCCC(=O)OCC(COC1OC(C(=O)O)C(O)C(O)C1OC(=O)CCCCCCCCC/C=C\CCCCCCCC)OC(=O)CCCCCCCCCCCCCCC. The van der Waals surface area contributed by atoms with Crippen LogP contribution in [0.3, 0.4) is 0 Å². The maximum absolute atomic E-state index is 13.1. The molecule has 0 spiro atoms. The Morgan fingerprint density at radius 2 is 0.863 bits per heavy atom. The first-order chi connectivity index (χ1) is 35.6. The van der Waals surface area contributed by atoms with Crippen LogP contribution in [0.5, 0.6) is 0 Å². The molecule has 0 aromatic carbocycles. The summed E-state index contributed by atoms with van der Waals surface area (Å²) in [5, 5.41) is 31.5. The lowest BCUT2D eigenvalue weighted by Crippen LogP contribution is -2.61. The molecule has 0 radical (unpaired) electrons. The van der Waals surface area contributed by atoms with Crippen LogP contribution in [0, 0.1) is 0 Å². The number of rotatable bonds is 50. The maximum atomic E-state index is 13.1. The Balaban J connectivity index is 2.69. The van der Waals surface area contributed by atoms with E-state index in [1.54, 1.807) is 0 Å². The minimum Gasteiger partial charge on any atom is -0.479 e. The number of esters is 3. The van der Waals surface area contributed by atoms with Crippen LogP contribution in [-0.2, 0) is 42.9 Å². The van der Waals surface area contributed by atoms with Crippen LogP contribution in [0.15, 0.2) is 48.6 Å². The highest BCUT2D eigenvalue weighted by molar-refractivity contribution is 5.74. The lowest BCUT2D eigenvalue weighted by atomic mass is 9.98. The number of carboxylic acid groups (broad SMARTS) is 1. The molecule has 422 valence electrons. The molecule has 0 aromatic heterocycles. The summed E-state index contributed by atoms with van der Waals surface area (Å²) in [6.45, 7) is 5.86. The summed E-state index contributed by atoms with van der Waals surface area (Å²) in [7, 11) is 0. The van der Waals surface area contributed by atoms with Crippen molar-refractivity contribution in [3.05, 3.63) is 48.6 Å². The predicted octanol–water partition coefficient (Wildman–Crippen LogP) is 15.0. The summed E-state index contributed by atoms with van der Waals surface area (Å²) in [4.78, 5) is 51.1. The summed E-state index contributed by atoms with van der Waals surface area (Å²) in [6.07, 6.45) is 46.5. The third-order valence-corrected chi connectivity index (χ3v) is 13.4. The van der Waals surface area contributed by atoms with Gasteiger partial charge in [0.1, 0.15) is 18.8 Å². The van der Waals surface area contributed by atoms with E-state index in [-0.39, 0.29) is 25.9 Å². The van der Waals surface area contributed by atoms with Gasteiger partial charge >= 0.3 is 23.9 Å². The van der Waals surface area contributed by atoms with Crippen LogP contribution in [0.1, 0.15) is 265 Å². The second-order valence-electron chi connectivity index (χ2n) is 20.3. The summed E-state index contributed by atoms with van der Waals surface area (Å²) < 4.78 is 28.4. The fourth-order valence-electron chi connectivity index (χ4n) is 8.85. The molecule has 1 aliphatic rings. The van der Waals surface area contributed by atoms with E-state index in [1.807, 2.05) is 0 Å². The van der Waals surface area contributed by atoms with Gasteiger partial charge in [-0.2, -0.15) is 0 Å². The number of aliphatic hydroxyl groups is 2. The molecule has 3 N–H and O–H groups in total. The largest absolute Gasteiger partial charge is 0.479 e. The minimum absolute atomic E-state index is 0.0545. The zero-order chi connectivity index (χ0) is 53.3. The average molecular weight is 1030 g/mol. The number of aliphatic carboxylic acids is 1. The van der Waals surface area contributed by atoms with E-state index in [4.69, 9.17) is 23.7 Å². The first kappa shape index (κ1) is 67.7. The Morgan fingerprint density at radius 3 is 1.34 bits per heavy atom. The first-order valence-corrected chi connectivity index (χ1v) is 29.6. The van der Waals surface area contributed by atoms with Crippen molar-refractivity contribution in [3.63, 3.8) is 0 Å². The van der Waals surface area contributed by atoms with Gasteiger partial charge in [-0.3, -0.25) is 14.4 Å². The number of aliphatic hydroxyl groups excluding tert-OH is 2. The quantitative estimate of drug-likeness (QED) is 0.0228. The van der Waals surface area contributed by atoms with Crippen LogP contribution in [0.4, 0.5) is 0 Å². The standard InChI is InChI=1S/C61H106O12/c1-4-7-10-13-16-19-22-25-26-27-28-31-34-37-40-43-46-49-55(64)72-59-57(66)56(65)58(60(67)68)73-61(59)70-51-52(71-54(63)48-45-42-39-36-33-30-24-21-18-15-12-9-6-3)50-69-53(62)47-44-41-38-35-32-29-23-20-17-14-11-8-5-2/h8,11,17,20,25-26,29,32,52,56-59,61,65-66H,4-7,9-10,12-16,18-19,21-24,27-28,30-31,33-51H2,1-3H3,(H,67,68)/b11-8-,20-17-,26-25-,32-29-. The minimum atomic E-state index is -1.91. The van der Waals surface area contributed by atoms with Crippen LogP contribution < -0.4 is 0 Å². The van der Waals surface area contributed by atoms with E-state index in [2.05, 4.69) is 69.4 Å². The predicted molar refractivity (Wildman–Crippen MR) is 294 cm³/mol. The molecule has 1 aliphatic heterocycles. The van der Waals surface area contributed by atoms with E-state index in [0.717, 1.165) is 89.9 Å². The van der Waals surface area contributed by atoms with Crippen molar-refractivity contribution in [1.82, 2.24) is 0 Å². The zero-order valence-corrected chi connectivity index (χ0v) is 46.4. The van der Waals surface area contributed by atoms with E-state index < -0.39 is 67.3 Å². The van der Waals surface area contributed by atoms with Gasteiger partial charge in [0.05, 0.1) is 6.61 Å². The normalized spacial score (nSPS) is 18.6. The lowest BCUT2D eigenvalue weighted by Gasteiger charge is -2.40. The van der Waals surface area contributed by atoms with Crippen molar-refractivity contribution >= 4 is 23.9 Å². The average Bonchev–Trinajstić information content (AvgIpc) is 3.37. The zero-order valence-electron chi connectivity index (χ0n) is 46.4. The molecule has 1 rings (SSSR count). The smallest absolute Gasteiger partial charge is 0.335 e. The second kappa shape index (κ2) is 49.6. The Morgan fingerprint density at radius 1 is 0.466 bits per heavy atom. The fraction of sp³-hybridized carbons (Fsp3) is 0.803. The van der Waals surface area contributed by atoms with Crippen molar-refractivity contribution < 1.29 is 58.2 Å². The summed E-state index contributed by atoms with van der Waals surface area (Å²) in [5.74, 6) is -3.15. The van der Waals surface area contributed by atoms with Crippen LogP contribution in [0.25, 0.3) is 0 Å². The number of ether oxygens (including phenoxy) is 5. The molecule has 12 nitrogen and oxygen atoms in total. The van der Waals surface area contributed by atoms with Crippen LogP contribution in [0.2, 0.25) is 0 Å². The number of carbonyl (C=O) groups is 4. The summed E-state index contributed by atoms with van der Waals surface area (Å²) in [6, 6.07) is 0. The molecule has 12 heteroatoms. The third-order valence-electron chi connectivity index (χ3n) is 13.4. The molecule has 0 bridgehead atoms. The van der Waals surface area contributed by atoms with Gasteiger partial charge in [-0.1, -0.05) is 217 Å². The maximum Gasteiger partial charge on any atom is 0.335 e. The molecule has 0 saturated carbocycles. The molecule has 0 amide bonds. The lowest BCUT2D eigenvalue weighted by molar-refractivity contribution is -0.301. The monoisotopic (exact) mass is 1030 g/mol. The Kier molecular flexibility index (Phi) is 45.9. The third kappa shape index (κ3) is 39.7. The van der Waals surface area contributed by atoms with Gasteiger partial charge in [0.15, 0.2) is 24.6 Å². The number of hydrogen-bond acceptors (Lipinski definition) is 11. The first-order valence-electron chi connectivity index (χ1n) is 29.6. The Labute approximate surface area is 443 Å². The molecule has 0 aliphatic carbocycles. The van der Waals surface area contributed by atoms with E-state index >= 15 is 0 Å². The van der Waals surface area contributed by atoms with E-state index in [1.165, 1.54) is 116 Å². The summed E-state index contributed by atoms with van der Waals surface area (Å²) >= 11 is 0. The van der Waals surface area contributed by atoms with E-state index in [9.17, 15) is 34.5 Å². The van der Waals surface area contributed by atoms with Crippen LogP contribution in [-0.4, -0.2) is 89.2 Å². The molecule has 1 heterocycles. The van der Waals surface area contributed by atoms with Gasteiger partial charge in [-0.15, -0.1) is 0 Å². The van der Waals surface area contributed by atoms with Gasteiger partial charge in [-0.25, -0.2) is 4.79 Å². The van der Waals surface area contributed by atoms with Gasteiger partial charge < -0.3 is 39.0 Å². The van der Waals surface area contributed by atoms with Crippen molar-refractivity contribution in [2.45, 2.75) is 302 Å². The molecule has 6 unspecified atom stereocenters. The van der Waals surface area contributed by atoms with Gasteiger partial charge in [0, 0.05) is 19.3 Å². The number of hydrogen-bond donors (Lipinski definition) is 3. The summed E-state index contributed by atoms with van der Waals surface area (Å²) in [5.41, 5.74) is 0. The number of carbonyl (C=O) groups excluding carboxylic acids is 3. The molecule has 6 atom stereocenters. The second-order valence-corrected chi connectivity index (χ2v) is 20.3. The fourth-order valence-corrected chi connectivity index (χ4v) is 8.85. The van der Waals surface area contributed by atoms with Gasteiger partial charge in [0.2, 0.25) is 0 Å². The number of carboxylic acids is 1. The molecule has 73 heavy (non-hydrogen) atoms. The molecule has 1 saturated heterocycles. The topological polar surface area (TPSA) is 175 Å². The molecular weight excluding hydrogens is 925 g/mol. The Hall–Kier alpha value is -3.32. The van der Waals surface area contributed by atoms with Crippen molar-refractivity contribution in [3.8, 4) is 0 Å². The molecule has 1 fully saturated rings. The highest BCUT2D eigenvalue weighted by Crippen LogP contribution is 2.26. The highest BCUT2D eigenvalue weighted by atomic mass is 16.7.